The van der Waals surface area contributed by atoms with Gasteiger partial charge in [0.15, 0.2) is 12.8 Å². The van der Waals surface area contributed by atoms with Crippen LogP contribution in [0.4, 0.5) is 0 Å². The molecule has 0 radical (unpaired) electrons. The number of nitrogens with one attached hydrogen (secondary N) is 1. The van der Waals surface area contributed by atoms with E-state index in [2.05, 4.69) is 33.0 Å². The molecule has 5 heterocycles. The Morgan fingerprint density at radius 2 is 1.59 bits per heavy atom. The number of imide groups is 1. The van der Waals surface area contributed by atoms with Crippen LogP contribution in [-0.4, -0.2) is 121 Å². The molecule has 366 valence electrons. The number of hydrogen-bond acceptors (Lipinski definition) is 11. The second kappa shape index (κ2) is 19.6. The van der Waals surface area contributed by atoms with Gasteiger partial charge < -0.3 is 28.8 Å². The molecule has 3 aliphatic rings. The Kier molecular flexibility index (Phi) is 13.5. The summed E-state index contributed by atoms with van der Waals surface area (Å²) in [6, 6.07) is 21.8. The summed E-state index contributed by atoms with van der Waals surface area (Å²) in [5.74, 6) is -1.49. The minimum absolute atomic E-state index is 0.0392. The van der Waals surface area contributed by atoms with Gasteiger partial charge in [0.2, 0.25) is 11.8 Å². The van der Waals surface area contributed by atoms with Crippen molar-refractivity contribution in [3.63, 3.8) is 0 Å². The van der Waals surface area contributed by atoms with E-state index in [1.54, 1.807) is 23.1 Å². The lowest BCUT2D eigenvalue weighted by Crippen LogP contribution is -2.53. The number of rotatable bonds is 14. The molecule has 2 saturated heterocycles. The molecule has 2 aromatic heterocycles. The Balaban J connectivity index is 0.938. The summed E-state index contributed by atoms with van der Waals surface area (Å²) in [5.41, 5.74) is 5.14. The van der Waals surface area contributed by atoms with Gasteiger partial charge in [0.05, 0.1) is 28.4 Å². The Hall–Kier alpha value is -6.75. The number of carbonyl (C=O) groups is 5. The van der Waals surface area contributed by atoms with Gasteiger partial charge in [-0.25, -0.2) is 4.79 Å². The maximum absolute atomic E-state index is 14.6. The summed E-state index contributed by atoms with van der Waals surface area (Å²) in [4.78, 5) is 71.4. The Morgan fingerprint density at radius 3 is 2.31 bits per heavy atom. The van der Waals surface area contributed by atoms with Crippen molar-refractivity contribution in [3.8, 4) is 22.6 Å². The van der Waals surface area contributed by atoms with Gasteiger partial charge in [0.1, 0.15) is 28.8 Å². The topological polar surface area (TPSA) is 178 Å². The first-order chi connectivity index (χ1) is 33.5. The van der Waals surface area contributed by atoms with Crippen molar-refractivity contribution in [3.05, 3.63) is 112 Å². The van der Waals surface area contributed by atoms with Crippen LogP contribution in [0.3, 0.4) is 0 Å². The number of aliphatic hydroxyl groups is 1. The number of piperidine rings is 1. The number of hydrogen-bond donors (Lipinski definition) is 2. The van der Waals surface area contributed by atoms with Gasteiger partial charge in [-0.1, -0.05) is 66.2 Å². The largest absolute Gasteiger partial charge is 0.493 e. The molecule has 0 spiro atoms. The fourth-order valence-corrected chi connectivity index (χ4v) is 10.4. The number of aromatic nitrogens is 3. The number of ether oxygens (including phenoxy) is 3. The van der Waals surface area contributed by atoms with E-state index >= 15 is 0 Å². The van der Waals surface area contributed by atoms with Crippen LogP contribution in [0.25, 0.3) is 32.8 Å². The predicted molar refractivity (Wildman–Crippen MR) is 264 cm³/mol. The third-order valence-electron chi connectivity index (χ3n) is 13.5. The maximum Gasteiger partial charge on any atom is 0.355 e. The molecule has 0 bridgehead atoms. The highest BCUT2D eigenvalue weighted by Crippen LogP contribution is 2.43. The number of benzene rings is 4. The first-order valence-corrected chi connectivity index (χ1v) is 24.2. The zero-order valence-corrected chi connectivity index (χ0v) is 41.1. The first kappa shape index (κ1) is 48.3. The van der Waals surface area contributed by atoms with Crippen molar-refractivity contribution in [2.45, 2.75) is 84.7 Å². The standard InChI is InChI=1S/C53H58ClN7O9/c1-31-44(32(2)57(6)56-31)46-38(54)20-19-36-35(16-11-29-68-40-17-9-13-33-12-7-8-14-34(33)40)48(52(67)70-53(3,4)5)60(47(36)46)28-25-58-23-26-59(27-24-58)43(63)30-69-41-18-10-15-37-45(41)51(66)61(50(37)65)39-21-22-42(62)55-49(39)64/h7-10,12-15,17-20,39,50,65H,11,16,21-30H2,1-6H3,(H,55,62,64). The number of piperazine rings is 1. The maximum atomic E-state index is 14.6. The monoisotopic (exact) mass is 971 g/mol. The van der Waals surface area contributed by atoms with E-state index in [4.69, 9.17) is 30.9 Å². The SMILES string of the molecule is Cc1nn(C)c(C)c1-c1c(Cl)ccc2c(CCCOc3cccc4ccccc34)c(C(=O)OC(C)(C)C)n(CCN3CCN(C(=O)COc4cccc5c4C(=O)N(C4CCC(=O)NC4=O)C5O)CC3)c12. The molecule has 2 atom stereocenters. The van der Waals surface area contributed by atoms with Crippen LogP contribution in [-0.2, 0) is 39.1 Å². The van der Waals surface area contributed by atoms with Gasteiger partial charge in [-0.05, 0) is 83.0 Å². The molecule has 4 amide bonds. The van der Waals surface area contributed by atoms with Crippen molar-refractivity contribution in [2.24, 2.45) is 7.05 Å². The van der Waals surface area contributed by atoms with Crippen LogP contribution in [0.1, 0.15) is 89.6 Å². The van der Waals surface area contributed by atoms with Gasteiger partial charge in [0.25, 0.3) is 11.8 Å². The molecule has 2 unspecified atom stereocenters. The second-order valence-electron chi connectivity index (χ2n) is 19.2. The van der Waals surface area contributed by atoms with Crippen LogP contribution >= 0.6 is 11.6 Å². The van der Waals surface area contributed by atoms with E-state index in [9.17, 15) is 29.1 Å². The highest BCUT2D eigenvalue weighted by Gasteiger charge is 2.46. The molecule has 6 aromatic rings. The van der Waals surface area contributed by atoms with E-state index < -0.39 is 41.6 Å². The molecule has 70 heavy (non-hydrogen) atoms. The molecule has 2 fully saturated rings. The fraction of sp³-hybridized carbons (Fsp3) is 0.396. The highest BCUT2D eigenvalue weighted by atomic mass is 35.5. The molecular formula is C53H58ClN7O9. The summed E-state index contributed by atoms with van der Waals surface area (Å²) in [6.07, 6.45) is -0.150. The number of fused-ring (bicyclic) bond motifs is 3. The van der Waals surface area contributed by atoms with Crippen LogP contribution in [0.15, 0.2) is 72.8 Å². The van der Waals surface area contributed by atoms with E-state index in [0.29, 0.717) is 69.4 Å². The Morgan fingerprint density at radius 1 is 0.857 bits per heavy atom. The third-order valence-corrected chi connectivity index (χ3v) is 13.8. The quantitative estimate of drug-likeness (QED) is 0.0659. The summed E-state index contributed by atoms with van der Waals surface area (Å²) >= 11 is 7.20. The zero-order chi connectivity index (χ0) is 49.6. The number of aryl methyl sites for hydroxylation is 3. The van der Waals surface area contributed by atoms with Gasteiger partial charge >= 0.3 is 5.97 Å². The minimum atomic E-state index is -1.41. The van der Waals surface area contributed by atoms with E-state index in [-0.39, 0.29) is 42.2 Å². The lowest BCUT2D eigenvalue weighted by molar-refractivity contribution is -0.139. The number of esters is 1. The van der Waals surface area contributed by atoms with Crippen molar-refractivity contribution < 1.29 is 43.3 Å². The molecule has 2 N–H and O–H groups in total. The summed E-state index contributed by atoms with van der Waals surface area (Å²) in [5, 5.41) is 21.7. The predicted octanol–water partition coefficient (Wildman–Crippen LogP) is 6.91. The number of carbonyl (C=O) groups excluding carboxylic acids is 5. The van der Waals surface area contributed by atoms with Gasteiger partial charge in [-0.3, -0.25) is 39.0 Å². The Labute approximate surface area is 411 Å². The van der Waals surface area contributed by atoms with E-state index in [1.165, 1.54) is 0 Å². The Bertz CT molecular complexity index is 3050. The second-order valence-corrected chi connectivity index (χ2v) is 19.6. The van der Waals surface area contributed by atoms with Crippen LogP contribution < -0.4 is 14.8 Å². The molecular weight excluding hydrogens is 914 g/mol. The number of aliphatic hydroxyl groups excluding tert-OH is 1. The van der Waals surface area contributed by atoms with Crippen molar-refractivity contribution in [1.82, 2.24) is 34.4 Å². The normalized spacial score (nSPS) is 17.6. The van der Waals surface area contributed by atoms with E-state index in [0.717, 1.165) is 60.4 Å². The minimum Gasteiger partial charge on any atom is -0.493 e. The van der Waals surface area contributed by atoms with Gasteiger partial charge in [0, 0.05) is 85.9 Å². The van der Waals surface area contributed by atoms with Crippen LogP contribution in [0.2, 0.25) is 5.02 Å². The van der Waals surface area contributed by atoms with Crippen LogP contribution in [0, 0.1) is 13.8 Å². The molecule has 0 saturated carbocycles. The van der Waals surface area contributed by atoms with Gasteiger partial charge in [-0.2, -0.15) is 5.10 Å². The fourth-order valence-electron chi connectivity index (χ4n) is 10.1. The average Bonchev–Trinajstić information content (AvgIpc) is 3.88. The molecule has 17 heteroatoms. The summed E-state index contributed by atoms with van der Waals surface area (Å²) < 4.78 is 22.4. The highest BCUT2D eigenvalue weighted by molar-refractivity contribution is 6.35. The van der Waals surface area contributed by atoms with Crippen LogP contribution in [0.5, 0.6) is 11.5 Å². The smallest absolute Gasteiger partial charge is 0.355 e. The number of nitrogens with zero attached hydrogens (tertiary/aromatic N) is 6. The molecule has 3 aliphatic heterocycles. The van der Waals surface area contributed by atoms with Gasteiger partial charge in [-0.15, -0.1) is 0 Å². The van der Waals surface area contributed by atoms with Crippen molar-refractivity contribution >= 4 is 62.9 Å². The molecule has 0 aliphatic carbocycles. The molecule has 4 aromatic carbocycles. The summed E-state index contributed by atoms with van der Waals surface area (Å²) in [6.45, 7) is 12.5. The lowest BCUT2D eigenvalue weighted by Gasteiger charge is -2.35. The van der Waals surface area contributed by atoms with Crippen molar-refractivity contribution in [1.29, 1.82) is 0 Å². The zero-order valence-electron chi connectivity index (χ0n) is 40.3. The number of amides is 4. The van der Waals surface area contributed by atoms with E-state index in [1.807, 2.05) is 82.7 Å². The lowest BCUT2D eigenvalue weighted by atomic mass is 9.98. The number of halogens is 1. The summed E-state index contributed by atoms with van der Waals surface area (Å²) in [7, 11) is 1.90. The van der Waals surface area contributed by atoms with Crippen molar-refractivity contribution in [2.75, 3.05) is 45.9 Å². The molecule has 16 nitrogen and oxygen atoms in total. The first-order valence-electron chi connectivity index (χ1n) is 23.8. The molecule has 9 rings (SSSR count). The third kappa shape index (κ3) is 9.34. The average molecular weight is 973 g/mol.